The Morgan fingerprint density at radius 2 is 1.47 bits per heavy atom. The highest BCUT2D eigenvalue weighted by molar-refractivity contribution is 7.92. The monoisotopic (exact) mass is 422 g/mol. The standard InChI is InChI=1S/C24H26N2O3S/c1-19(2)25(3)24(27)21-13-10-16-23(17-21)30(28,29)26(22-14-8-5-9-15-22)18-20-11-6-4-7-12-20/h4-17,19H,18H2,1-3H3. The number of sulfonamides is 1. The second kappa shape index (κ2) is 9.13. The fraction of sp³-hybridized carbons (Fsp3) is 0.208. The Hall–Kier alpha value is -3.12. The van der Waals surface area contributed by atoms with Crippen LogP contribution < -0.4 is 4.31 Å². The van der Waals surface area contributed by atoms with Gasteiger partial charge in [0.05, 0.1) is 17.1 Å². The van der Waals surface area contributed by atoms with E-state index in [-0.39, 0.29) is 23.4 Å². The summed E-state index contributed by atoms with van der Waals surface area (Å²) in [5.74, 6) is -0.212. The van der Waals surface area contributed by atoms with E-state index in [1.807, 2.05) is 50.2 Å². The molecule has 0 spiro atoms. The molecule has 1 amide bonds. The van der Waals surface area contributed by atoms with Crippen LogP contribution in [0, 0.1) is 0 Å². The zero-order valence-electron chi connectivity index (χ0n) is 17.4. The molecule has 0 heterocycles. The van der Waals surface area contributed by atoms with Gasteiger partial charge in [-0.3, -0.25) is 9.10 Å². The smallest absolute Gasteiger partial charge is 0.264 e. The molecule has 0 aliphatic heterocycles. The molecule has 0 aliphatic carbocycles. The number of hydrogen-bond donors (Lipinski definition) is 0. The average molecular weight is 423 g/mol. The summed E-state index contributed by atoms with van der Waals surface area (Å²) in [5, 5.41) is 0. The molecule has 156 valence electrons. The van der Waals surface area contributed by atoms with Crippen molar-refractivity contribution in [2.45, 2.75) is 31.3 Å². The lowest BCUT2D eigenvalue weighted by Crippen LogP contribution is -2.33. The number of benzene rings is 3. The first-order valence-corrected chi connectivity index (χ1v) is 11.2. The van der Waals surface area contributed by atoms with Crippen molar-refractivity contribution >= 4 is 21.6 Å². The third-order valence-corrected chi connectivity index (χ3v) is 6.75. The first-order chi connectivity index (χ1) is 14.3. The highest BCUT2D eigenvalue weighted by Gasteiger charge is 2.26. The quantitative estimate of drug-likeness (QED) is 0.561. The molecular weight excluding hydrogens is 396 g/mol. The molecule has 0 N–H and O–H groups in total. The van der Waals surface area contributed by atoms with Crippen LogP contribution in [0.3, 0.4) is 0 Å². The second-order valence-electron chi connectivity index (χ2n) is 7.37. The lowest BCUT2D eigenvalue weighted by Gasteiger charge is -2.25. The lowest BCUT2D eigenvalue weighted by molar-refractivity contribution is 0.0754. The van der Waals surface area contributed by atoms with Gasteiger partial charge in [-0.05, 0) is 49.7 Å². The summed E-state index contributed by atoms with van der Waals surface area (Å²) >= 11 is 0. The highest BCUT2D eigenvalue weighted by atomic mass is 32.2. The van der Waals surface area contributed by atoms with Crippen LogP contribution in [0.1, 0.15) is 29.8 Å². The molecule has 0 radical (unpaired) electrons. The van der Waals surface area contributed by atoms with Crippen molar-refractivity contribution in [2.24, 2.45) is 0 Å². The van der Waals surface area contributed by atoms with Crippen molar-refractivity contribution < 1.29 is 13.2 Å². The molecule has 3 aromatic rings. The van der Waals surface area contributed by atoms with Crippen molar-refractivity contribution in [3.8, 4) is 0 Å². The molecule has 0 aromatic heterocycles. The molecule has 0 saturated heterocycles. The van der Waals surface area contributed by atoms with Gasteiger partial charge in [0.2, 0.25) is 0 Å². The summed E-state index contributed by atoms with van der Waals surface area (Å²) in [7, 11) is -2.18. The van der Waals surface area contributed by atoms with E-state index in [0.29, 0.717) is 11.3 Å². The molecule has 3 rings (SSSR count). The average Bonchev–Trinajstić information content (AvgIpc) is 2.77. The second-order valence-corrected chi connectivity index (χ2v) is 9.23. The number of rotatable bonds is 7. The topological polar surface area (TPSA) is 57.7 Å². The minimum Gasteiger partial charge on any atom is -0.339 e. The molecule has 5 nitrogen and oxygen atoms in total. The van der Waals surface area contributed by atoms with Crippen LogP contribution in [0.25, 0.3) is 0 Å². The predicted molar refractivity (Wildman–Crippen MR) is 120 cm³/mol. The van der Waals surface area contributed by atoms with Crippen molar-refractivity contribution in [2.75, 3.05) is 11.4 Å². The molecule has 0 atom stereocenters. The fourth-order valence-electron chi connectivity index (χ4n) is 3.01. The third-order valence-electron chi connectivity index (χ3n) is 4.98. The Morgan fingerprint density at radius 1 is 0.867 bits per heavy atom. The minimum absolute atomic E-state index is 0.0108. The summed E-state index contributed by atoms with van der Waals surface area (Å²) in [6.45, 7) is 4.02. The zero-order valence-corrected chi connectivity index (χ0v) is 18.2. The molecule has 6 heteroatoms. The maximum atomic E-state index is 13.6. The van der Waals surface area contributed by atoms with Gasteiger partial charge in [0.25, 0.3) is 15.9 Å². The third kappa shape index (κ3) is 4.71. The Morgan fingerprint density at radius 3 is 2.07 bits per heavy atom. The van der Waals surface area contributed by atoms with Gasteiger partial charge < -0.3 is 4.90 Å². The molecule has 30 heavy (non-hydrogen) atoms. The zero-order chi connectivity index (χ0) is 21.7. The van der Waals surface area contributed by atoms with Crippen molar-refractivity contribution in [3.63, 3.8) is 0 Å². The van der Waals surface area contributed by atoms with Gasteiger partial charge >= 0.3 is 0 Å². The number of carbonyl (C=O) groups excluding carboxylic acids is 1. The molecule has 0 unspecified atom stereocenters. The molecule has 0 saturated carbocycles. The van der Waals surface area contributed by atoms with E-state index < -0.39 is 10.0 Å². The van der Waals surface area contributed by atoms with E-state index in [4.69, 9.17) is 0 Å². The van der Waals surface area contributed by atoms with Gasteiger partial charge in [0.1, 0.15) is 0 Å². The maximum Gasteiger partial charge on any atom is 0.264 e. The first kappa shape index (κ1) is 21.6. The van der Waals surface area contributed by atoms with Crippen LogP contribution in [0.4, 0.5) is 5.69 Å². The Balaban J connectivity index is 2.03. The van der Waals surface area contributed by atoms with Crippen LogP contribution in [0.5, 0.6) is 0 Å². The van der Waals surface area contributed by atoms with Crippen LogP contribution >= 0.6 is 0 Å². The lowest BCUT2D eigenvalue weighted by atomic mass is 10.2. The maximum absolute atomic E-state index is 13.6. The van der Waals surface area contributed by atoms with Gasteiger partial charge in [-0.1, -0.05) is 54.6 Å². The molecule has 0 bridgehead atoms. The number of amides is 1. The molecule has 3 aromatic carbocycles. The van der Waals surface area contributed by atoms with Crippen LogP contribution in [-0.2, 0) is 16.6 Å². The SMILES string of the molecule is CC(C)N(C)C(=O)c1cccc(S(=O)(=O)N(Cc2ccccc2)c2ccccc2)c1. The van der Waals surface area contributed by atoms with Gasteiger partial charge in [0.15, 0.2) is 0 Å². The van der Waals surface area contributed by atoms with Crippen molar-refractivity contribution in [1.29, 1.82) is 0 Å². The number of carbonyl (C=O) groups is 1. The van der Waals surface area contributed by atoms with Crippen LogP contribution in [-0.4, -0.2) is 32.3 Å². The number of para-hydroxylation sites is 1. The van der Waals surface area contributed by atoms with Crippen LogP contribution in [0.15, 0.2) is 89.8 Å². The van der Waals surface area contributed by atoms with Gasteiger partial charge in [0, 0.05) is 18.7 Å². The van der Waals surface area contributed by atoms with Gasteiger partial charge in [-0.2, -0.15) is 0 Å². The van der Waals surface area contributed by atoms with Crippen molar-refractivity contribution in [1.82, 2.24) is 4.90 Å². The number of nitrogens with zero attached hydrogens (tertiary/aromatic N) is 2. The van der Waals surface area contributed by atoms with Crippen LogP contribution in [0.2, 0.25) is 0 Å². The summed E-state index contributed by atoms with van der Waals surface area (Å²) in [6.07, 6.45) is 0. The normalized spacial score (nSPS) is 11.3. The van der Waals surface area contributed by atoms with E-state index in [0.717, 1.165) is 5.56 Å². The summed E-state index contributed by atoms with van der Waals surface area (Å²) in [6, 6.07) is 24.7. The largest absolute Gasteiger partial charge is 0.339 e. The first-order valence-electron chi connectivity index (χ1n) is 9.79. The number of hydrogen-bond acceptors (Lipinski definition) is 3. The van der Waals surface area contributed by atoms with E-state index >= 15 is 0 Å². The Bertz CT molecular complexity index is 1100. The molecule has 0 fully saturated rings. The van der Waals surface area contributed by atoms with E-state index in [2.05, 4.69) is 0 Å². The summed E-state index contributed by atoms with van der Waals surface area (Å²) in [5.41, 5.74) is 1.79. The Labute approximate surface area is 178 Å². The molecule has 0 aliphatic rings. The summed E-state index contributed by atoms with van der Waals surface area (Å²) in [4.78, 5) is 14.4. The Kier molecular flexibility index (Phi) is 6.57. The fourth-order valence-corrected chi connectivity index (χ4v) is 4.51. The summed E-state index contributed by atoms with van der Waals surface area (Å²) < 4.78 is 28.6. The predicted octanol–water partition coefficient (Wildman–Crippen LogP) is 4.56. The van der Waals surface area contributed by atoms with E-state index in [9.17, 15) is 13.2 Å². The van der Waals surface area contributed by atoms with Gasteiger partial charge in [-0.25, -0.2) is 8.42 Å². The molecular formula is C24H26N2O3S. The highest BCUT2D eigenvalue weighted by Crippen LogP contribution is 2.26. The van der Waals surface area contributed by atoms with Crippen molar-refractivity contribution in [3.05, 3.63) is 96.1 Å². The minimum atomic E-state index is -3.89. The van der Waals surface area contributed by atoms with E-state index in [1.54, 1.807) is 48.3 Å². The van der Waals surface area contributed by atoms with Gasteiger partial charge in [-0.15, -0.1) is 0 Å². The van der Waals surface area contributed by atoms with E-state index in [1.165, 1.54) is 16.4 Å². The number of anilines is 1.